The van der Waals surface area contributed by atoms with Crippen LogP contribution in [0.3, 0.4) is 0 Å². The lowest BCUT2D eigenvalue weighted by Gasteiger charge is -2.17. The molecule has 1 rings (SSSR count). The number of rotatable bonds is 2. The summed E-state index contributed by atoms with van der Waals surface area (Å²) in [4.78, 5) is 10.4. The van der Waals surface area contributed by atoms with Gasteiger partial charge in [0, 0.05) is 6.08 Å². The number of aliphatic carboxylic acids is 1. The summed E-state index contributed by atoms with van der Waals surface area (Å²) in [5.41, 5.74) is 2.50. The summed E-state index contributed by atoms with van der Waals surface area (Å²) in [5.74, 6) is -0.220. The molecule has 1 aliphatic carbocycles. The molecule has 0 aromatic rings. The Hall–Kier alpha value is -1.05. The SMILES string of the molecule is CC(C)C1=CC/C(=C\C(=O)O)CC1. The topological polar surface area (TPSA) is 37.3 Å². The predicted molar refractivity (Wildman–Crippen MR) is 52.5 cm³/mol. The van der Waals surface area contributed by atoms with Crippen molar-refractivity contribution in [2.24, 2.45) is 5.92 Å². The third kappa shape index (κ3) is 3.05. The minimum absolute atomic E-state index is 0.603. The summed E-state index contributed by atoms with van der Waals surface area (Å²) in [6.07, 6.45) is 6.27. The van der Waals surface area contributed by atoms with Gasteiger partial charge >= 0.3 is 5.97 Å². The summed E-state index contributed by atoms with van der Waals surface area (Å²) in [5, 5.41) is 8.54. The van der Waals surface area contributed by atoms with Crippen LogP contribution in [0.25, 0.3) is 0 Å². The number of carboxylic acid groups (broad SMARTS) is 1. The molecule has 0 heterocycles. The molecule has 0 saturated carbocycles. The summed E-state index contributed by atoms with van der Waals surface area (Å²) in [6, 6.07) is 0. The van der Waals surface area contributed by atoms with Crippen molar-refractivity contribution in [1.82, 2.24) is 0 Å². The molecule has 2 nitrogen and oxygen atoms in total. The first-order valence-corrected chi connectivity index (χ1v) is 4.71. The van der Waals surface area contributed by atoms with Crippen molar-refractivity contribution in [3.63, 3.8) is 0 Å². The third-order valence-electron chi connectivity index (χ3n) is 2.43. The van der Waals surface area contributed by atoms with Crippen molar-refractivity contribution in [3.05, 3.63) is 23.3 Å². The van der Waals surface area contributed by atoms with E-state index in [1.165, 1.54) is 11.6 Å². The van der Waals surface area contributed by atoms with Crippen LogP contribution in [0.4, 0.5) is 0 Å². The van der Waals surface area contributed by atoms with Crippen LogP contribution in [0.2, 0.25) is 0 Å². The first-order chi connectivity index (χ1) is 6.09. The van der Waals surface area contributed by atoms with Gasteiger partial charge in [0.15, 0.2) is 0 Å². The average molecular weight is 180 g/mol. The van der Waals surface area contributed by atoms with Gasteiger partial charge in [0.05, 0.1) is 0 Å². The van der Waals surface area contributed by atoms with Gasteiger partial charge in [-0.15, -0.1) is 0 Å². The zero-order chi connectivity index (χ0) is 9.84. The molecule has 13 heavy (non-hydrogen) atoms. The van der Waals surface area contributed by atoms with E-state index in [0.717, 1.165) is 24.8 Å². The van der Waals surface area contributed by atoms with Crippen molar-refractivity contribution >= 4 is 5.97 Å². The molecule has 0 unspecified atom stereocenters. The van der Waals surface area contributed by atoms with E-state index in [2.05, 4.69) is 19.9 Å². The highest BCUT2D eigenvalue weighted by Gasteiger charge is 2.10. The van der Waals surface area contributed by atoms with E-state index in [1.807, 2.05) is 0 Å². The fourth-order valence-corrected chi connectivity index (χ4v) is 1.60. The van der Waals surface area contributed by atoms with Crippen molar-refractivity contribution in [3.8, 4) is 0 Å². The molecule has 72 valence electrons. The van der Waals surface area contributed by atoms with Gasteiger partial charge in [-0.1, -0.05) is 31.1 Å². The molecular formula is C11H16O2. The Morgan fingerprint density at radius 1 is 1.54 bits per heavy atom. The molecule has 2 heteroatoms. The number of hydrogen-bond donors (Lipinski definition) is 1. The van der Waals surface area contributed by atoms with Crippen LogP contribution in [-0.2, 0) is 4.79 Å². The predicted octanol–water partition coefficient (Wildman–Crippen LogP) is 2.76. The highest BCUT2D eigenvalue weighted by Crippen LogP contribution is 2.27. The van der Waals surface area contributed by atoms with Gasteiger partial charge in [0.1, 0.15) is 0 Å². The van der Waals surface area contributed by atoms with Crippen molar-refractivity contribution in [1.29, 1.82) is 0 Å². The summed E-state index contributed by atoms with van der Waals surface area (Å²) in [7, 11) is 0. The van der Waals surface area contributed by atoms with E-state index in [9.17, 15) is 4.79 Å². The van der Waals surface area contributed by atoms with Gasteiger partial charge in [0.25, 0.3) is 0 Å². The minimum atomic E-state index is -0.823. The van der Waals surface area contributed by atoms with Gasteiger partial charge in [-0.3, -0.25) is 0 Å². The van der Waals surface area contributed by atoms with Gasteiger partial charge in [-0.25, -0.2) is 4.79 Å². The second-order valence-electron chi connectivity index (χ2n) is 3.78. The van der Waals surface area contributed by atoms with Gasteiger partial charge < -0.3 is 5.11 Å². The number of allylic oxidation sites excluding steroid dienone is 3. The van der Waals surface area contributed by atoms with Crippen LogP contribution >= 0.6 is 0 Å². The van der Waals surface area contributed by atoms with Crippen molar-refractivity contribution in [2.75, 3.05) is 0 Å². The molecule has 0 amide bonds. The molecule has 0 bridgehead atoms. The first-order valence-electron chi connectivity index (χ1n) is 4.71. The van der Waals surface area contributed by atoms with Gasteiger partial charge in [-0.2, -0.15) is 0 Å². The number of hydrogen-bond acceptors (Lipinski definition) is 1. The molecule has 0 aromatic heterocycles. The van der Waals surface area contributed by atoms with Crippen LogP contribution in [-0.4, -0.2) is 11.1 Å². The fraction of sp³-hybridized carbons (Fsp3) is 0.545. The lowest BCUT2D eigenvalue weighted by molar-refractivity contribution is -0.131. The van der Waals surface area contributed by atoms with E-state index in [1.54, 1.807) is 0 Å². The zero-order valence-corrected chi connectivity index (χ0v) is 8.21. The minimum Gasteiger partial charge on any atom is -0.478 e. The number of carbonyl (C=O) groups is 1. The Bertz CT molecular complexity index is 259. The largest absolute Gasteiger partial charge is 0.478 e. The van der Waals surface area contributed by atoms with Crippen molar-refractivity contribution < 1.29 is 9.90 Å². The lowest BCUT2D eigenvalue weighted by atomic mass is 9.88. The second-order valence-corrected chi connectivity index (χ2v) is 3.78. The maximum atomic E-state index is 10.4. The van der Waals surface area contributed by atoms with Crippen LogP contribution < -0.4 is 0 Å². The van der Waals surface area contributed by atoms with Crippen LogP contribution in [0.15, 0.2) is 23.3 Å². The monoisotopic (exact) mass is 180 g/mol. The summed E-state index contributed by atoms with van der Waals surface area (Å²) >= 11 is 0. The molecule has 0 aliphatic heterocycles. The Kier molecular flexibility index (Phi) is 3.29. The lowest BCUT2D eigenvalue weighted by Crippen LogP contribution is -2.02. The Morgan fingerprint density at radius 2 is 2.23 bits per heavy atom. The van der Waals surface area contributed by atoms with Crippen molar-refractivity contribution in [2.45, 2.75) is 33.1 Å². The second kappa shape index (κ2) is 4.26. The maximum absolute atomic E-state index is 10.4. The third-order valence-corrected chi connectivity index (χ3v) is 2.43. The molecule has 1 aliphatic rings. The van der Waals surface area contributed by atoms with Crippen LogP contribution in [0.1, 0.15) is 33.1 Å². The summed E-state index contributed by atoms with van der Waals surface area (Å²) < 4.78 is 0. The quantitative estimate of drug-likeness (QED) is 0.524. The molecular weight excluding hydrogens is 164 g/mol. The Labute approximate surface area is 79.0 Å². The highest BCUT2D eigenvalue weighted by molar-refractivity contribution is 5.80. The molecule has 0 fully saturated rings. The molecule has 0 radical (unpaired) electrons. The highest BCUT2D eigenvalue weighted by atomic mass is 16.4. The summed E-state index contributed by atoms with van der Waals surface area (Å²) in [6.45, 7) is 4.36. The number of carboxylic acids is 1. The first kappa shape index (κ1) is 10.0. The van der Waals surface area contributed by atoms with E-state index in [0.29, 0.717) is 5.92 Å². The average Bonchev–Trinajstić information content (AvgIpc) is 2.04. The molecule has 0 saturated heterocycles. The molecule has 0 aromatic carbocycles. The maximum Gasteiger partial charge on any atom is 0.328 e. The van der Waals surface area contributed by atoms with Gasteiger partial charge in [0.2, 0.25) is 0 Å². The van der Waals surface area contributed by atoms with E-state index >= 15 is 0 Å². The molecule has 0 atom stereocenters. The van der Waals surface area contributed by atoms with Crippen LogP contribution in [0, 0.1) is 5.92 Å². The normalized spacial score (nSPS) is 20.5. The standard InChI is InChI=1S/C11H16O2/c1-8(2)10-5-3-9(4-6-10)7-11(12)13/h5,7-8H,3-4,6H2,1-2H3,(H,12,13)/b9-7+. The van der Waals surface area contributed by atoms with E-state index in [4.69, 9.17) is 5.11 Å². The van der Waals surface area contributed by atoms with Gasteiger partial charge in [-0.05, 0) is 25.2 Å². The van der Waals surface area contributed by atoms with E-state index < -0.39 is 5.97 Å². The molecule has 1 N–H and O–H groups in total. The fourth-order valence-electron chi connectivity index (χ4n) is 1.60. The Balaban J connectivity index is 2.61. The molecule has 0 spiro atoms. The zero-order valence-electron chi connectivity index (χ0n) is 8.21. The Morgan fingerprint density at radius 3 is 2.62 bits per heavy atom. The smallest absolute Gasteiger partial charge is 0.328 e. The van der Waals surface area contributed by atoms with E-state index in [-0.39, 0.29) is 0 Å². The van der Waals surface area contributed by atoms with Crippen LogP contribution in [0.5, 0.6) is 0 Å².